The van der Waals surface area contributed by atoms with E-state index in [0.717, 1.165) is 18.5 Å². The highest BCUT2D eigenvalue weighted by molar-refractivity contribution is 7.90. The first-order chi connectivity index (χ1) is 13.5. The van der Waals surface area contributed by atoms with Crippen molar-refractivity contribution in [3.05, 3.63) is 60.2 Å². The summed E-state index contributed by atoms with van der Waals surface area (Å²) in [5.74, 6) is -2.98. The van der Waals surface area contributed by atoms with E-state index < -0.39 is 21.8 Å². The summed E-state index contributed by atoms with van der Waals surface area (Å²) in [5.41, 5.74) is 1.11. The molecule has 0 spiro atoms. The van der Waals surface area contributed by atoms with E-state index in [1.54, 1.807) is 24.3 Å². The maximum atomic E-state index is 11.5. The monoisotopic (exact) mass is 423 g/mol. The lowest BCUT2D eigenvalue weighted by Crippen LogP contribution is -2.18. The Morgan fingerprint density at radius 2 is 1.48 bits per heavy atom. The normalized spacial score (nSPS) is 11.9. The fourth-order valence-electron chi connectivity index (χ4n) is 2.27. The molecule has 29 heavy (non-hydrogen) atoms. The average Bonchev–Trinajstić information content (AvgIpc) is 2.65. The van der Waals surface area contributed by atoms with E-state index in [-0.39, 0.29) is 6.10 Å². The zero-order valence-corrected chi connectivity index (χ0v) is 17.3. The van der Waals surface area contributed by atoms with E-state index in [0.29, 0.717) is 10.6 Å². The Morgan fingerprint density at radius 1 is 0.966 bits per heavy atom. The fourth-order valence-corrected chi connectivity index (χ4v) is 2.90. The first-order valence-corrected chi connectivity index (χ1v) is 10.5. The van der Waals surface area contributed by atoms with Gasteiger partial charge in [0, 0.05) is 19.2 Å². The second-order valence-corrected chi connectivity index (χ2v) is 8.48. The number of carboxylic acids is 2. The maximum absolute atomic E-state index is 11.5. The van der Waals surface area contributed by atoms with Gasteiger partial charge < -0.3 is 19.8 Å². The van der Waals surface area contributed by atoms with Crippen LogP contribution in [-0.2, 0) is 19.4 Å². The zero-order valence-electron chi connectivity index (χ0n) is 16.5. The highest BCUT2D eigenvalue weighted by Gasteiger charge is 2.14. The number of benzene rings is 2. The molecule has 0 fully saturated rings. The Labute approximate surface area is 170 Å². The Morgan fingerprint density at radius 3 is 1.90 bits per heavy atom. The summed E-state index contributed by atoms with van der Waals surface area (Å²) in [6.07, 6.45) is 1.99. The SMILES string of the molecule is CN(C)CCC(Oc1ccc(S(C)(=O)=O)cc1)c1ccccc1.O=C(O)C(=O)O. The van der Waals surface area contributed by atoms with E-state index in [2.05, 4.69) is 4.90 Å². The fraction of sp³-hybridized carbons (Fsp3) is 0.300. The second-order valence-electron chi connectivity index (χ2n) is 6.46. The number of aliphatic carboxylic acids is 2. The van der Waals surface area contributed by atoms with Crippen LogP contribution in [0.2, 0.25) is 0 Å². The third kappa shape index (κ3) is 9.22. The van der Waals surface area contributed by atoms with E-state index in [4.69, 9.17) is 24.5 Å². The lowest BCUT2D eigenvalue weighted by molar-refractivity contribution is -0.159. The minimum atomic E-state index is -3.18. The van der Waals surface area contributed by atoms with E-state index >= 15 is 0 Å². The quantitative estimate of drug-likeness (QED) is 0.651. The van der Waals surface area contributed by atoms with Crippen LogP contribution in [0.4, 0.5) is 0 Å². The smallest absolute Gasteiger partial charge is 0.414 e. The van der Waals surface area contributed by atoms with Crippen molar-refractivity contribution < 1.29 is 33.0 Å². The lowest BCUT2D eigenvalue weighted by Gasteiger charge is -2.21. The molecule has 0 heterocycles. The molecule has 0 saturated heterocycles. The summed E-state index contributed by atoms with van der Waals surface area (Å²) in [7, 11) is 0.878. The van der Waals surface area contributed by atoms with Gasteiger partial charge in [-0.1, -0.05) is 30.3 Å². The molecular formula is C20H25NO7S. The van der Waals surface area contributed by atoms with Crippen molar-refractivity contribution in [1.29, 1.82) is 0 Å². The van der Waals surface area contributed by atoms with Gasteiger partial charge in [-0.3, -0.25) is 0 Å². The number of hydrogen-bond donors (Lipinski definition) is 2. The molecule has 1 unspecified atom stereocenters. The van der Waals surface area contributed by atoms with Crippen LogP contribution >= 0.6 is 0 Å². The van der Waals surface area contributed by atoms with Crippen molar-refractivity contribution in [1.82, 2.24) is 4.90 Å². The molecular weight excluding hydrogens is 398 g/mol. The predicted octanol–water partition coefficient (Wildman–Crippen LogP) is 2.32. The van der Waals surface area contributed by atoms with Gasteiger partial charge >= 0.3 is 11.9 Å². The highest BCUT2D eigenvalue weighted by atomic mass is 32.2. The van der Waals surface area contributed by atoms with Crippen molar-refractivity contribution in [2.24, 2.45) is 0 Å². The largest absolute Gasteiger partial charge is 0.486 e. The van der Waals surface area contributed by atoms with Gasteiger partial charge in [0.05, 0.1) is 4.90 Å². The van der Waals surface area contributed by atoms with Crippen LogP contribution in [0.15, 0.2) is 59.5 Å². The molecule has 0 saturated carbocycles. The Bertz CT molecular complexity index is 882. The maximum Gasteiger partial charge on any atom is 0.414 e. The molecule has 1 atom stereocenters. The van der Waals surface area contributed by atoms with Crippen molar-refractivity contribution in [2.45, 2.75) is 17.4 Å². The molecule has 2 aromatic rings. The van der Waals surface area contributed by atoms with Crippen LogP contribution in [-0.4, -0.2) is 62.4 Å². The summed E-state index contributed by atoms with van der Waals surface area (Å²) in [5, 5.41) is 14.8. The minimum absolute atomic E-state index is 0.0670. The molecule has 0 aliphatic carbocycles. The minimum Gasteiger partial charge on any atom is -0.486 e. The molecule has 2 N–H and O–H groups in total. The van der Waals surface area contributed by atoms with Gasteiger partial charge in [0.1, 0.15) is 11.9 Å². The molecule has 9 heteroatoms. The number of nitrogens with zero attached hydrogens (tertiary/aromatic N) is 1. The standard InChI is InChI=1S/C18H23NO3S.C2H2O4/c1-19(2)14-13-18(15-7-5-4-6-8-15)22-16-9-11-17(12-10-16)23(3,20)21;3-1(4)2(5)6/h4-12,18H,13-14H2,1-3H3;(H,3,4)(H,5,6). The van der Waals surface area contributed by atoms with Gasteiger partial charge in [0.25, 0.3) is 0 Å². The summed E-state index contributed by atoms with van der Waals surface area (Å²) in [6.45, 7) is 0.904. The molecule has 158 valence electrons. The summed E-state index contributed by atoms with van der Waals surface area (Å²) in [4.78, 5) is 20.6. The van der Waals surface area contributed by atoms with Gasteiger partial charge in [0.15, 0.2) is 9.84 Å². The first kappa shape index (κ1) is 24.1. The summed E-state index contributed by atoms with van der Waals surface area (Å²) in [6, 6.07) is 16.6. The van der Waals surface area contributed by atoms with Crippen LogP contribution in [0.25, 0.3) is 0 Å². The number of rotatable bonds is 7. The number of carbonyl (C=O) groups is 2. The summed E-state index contributed by atoms with van der Waals surface area (Å²) >= 11 is 0. The van der Waals surface area contributed by atoms with Gasteiger partial charge in [0.2, 0.25) is 0 Å². The summed E-state index contributed by atoms with van der Waals surface area (Å²) < 4.78 is 29.1. The van der Waals surface area contributed by atoms with Gasteiger partial charge in [-0.05, 0) is 43.9 Å². The second kappa shape index (κ2) is 11.2. The van der Waals surface area contributed by atoms with E-state index in [9.17, 15) is 8.42 Å². The Hall–Kier alpha value is -2.91. The molecule has 2 rings (SSSR count). The lowest BCUT2D eigenvalue weighted by atomic mass is 10.1. The molecule has 0 aromatic heterocycles. The molecule has 8 nitrogen and oxygen atoms in total. The predicted molar refractivity (Wildman–Crippen MR) is 108 cm³/mol. The number of hydrogen-bond acceptors (Lipinski definition) is 6. The van der Waals surface area contributed by atoms with Crippen molar-refractivity contribution >= 4 is 21.8 Å². The third-order valence-electron chi connectivity index (χ3n) is 3.72. The molecule has 0 bridgehead atoms. The van der Waals surface area contributed by atoms with Crippen molar-refractivity contribution in [3.8, 4) is 5.75 Å². The van der Waals surface area contributed by atoms with Crippen molar-refractivity contribution in [2.75, 3.05) is 26.9 Å². The van der Waals surface area contributed by atoms with Crippen LogP contribution in [0, 0.1) is 0 Å². The van der Waals surface area contributed by atoms with Crippen molar-refractivity contribution in [3.63, 3.8) is 0 Å². The van der Waals surface area contributed by atoms with Gasteiger partial charge in [-0.2, -0.15) is 0 Å². The highest BCUT2D eigenvalue weighted by Crippen LogP contribution is 2.26. The first-order valence-electron chi connectivity index (χ1n) is 8.63. The van der Waals surface area contributed by atoms with Crippen LogP contribution in [0.1, 0.15) is 18.1 Å². The third-order valence-corrected chi connectivity index (χ3v) is 4.85. The molecule has 2 aromatic carbocycles. The average molecular weight is 423 g/mol. The topological polar surface area (TPSA) is 121 Å². The molecule has 0 aliphatic rings. The molecule has 0 radical (unpaired) electrons. The van der Waals surface area contributed by atoms with Gasteiger partial charge in [-0.15, -0.1) is 0 Å². The number of carboxylic acid groups (broad SMARTS) is 2. The van der Waals surface area contributed by atoms with E-state index in [1.807, 2.05) is 44.4 Å². The Kier molecular flexibility index (Phi) is 9.30. The van der Waals surface area contributed by atoms with Crippen LogP contribution in [0.3, 0.4) is 0 Å². The van der Waals surface area contributed by atoms with Crippen LogP contribution in [0.5, 0.6) is 5.75 Å². The number of ether oxygens (including phenoxy) is 1. The number of sulfone groups is 1. The van der Waals surface area contributed by atoms with E-state index in [1.165, 1.54) is 6.26 Å². The zero-order chi connectivity index (χ0) is 22.0. The van der Waals surface area contributed by atoms with Gasteiger partial charge in [-0.25, -0.2) is 18.0 Å². The molecule has 0 aliphatic heterocycles. The Balaban J connectivity index is 0.000000612. The van der Waals surface area contributed by atoms with Crippen LogP contribution < -0.4 is 4.74 Å². The molecule has 0 amide bonds.